The van der Waals surface area contributed by atoms with Crippen LogP contribution in [0, 0.1) is 11.7 Å². The van der Waals surface area contributed by atoms with Crippen LogP contribution in [0.5, 0.6) is 0 Å². The van der Waals surface area contributed by atoms with Crippen molar-refractivity contribution in [3.63, 3.8) is 0 Å². The van der Waals surface area contributed by atoms with E-state index in [1.807, 2.05) is 18.2 Å². The quantitative estimate of drug-likeness (QED) is 0.261. The minimum Gasteiger partial charge on any atom is -0.335 e. The van der Waals surface area contributed by atoms with E-state index in [0.29, 0.717) is 39.4 Å². The van der Waals surface area contributed by atoms with Crippen LogP contribution in [0.1, 0.15) is 25.7 Å². The molecule has 6 aromatic rings. The van der Waals surface area contributed by atoms with Gasteiger partial charge in [-0.05, 0) is 42.7 Å². The van der Waals surface area contributed by atoms with Crippen LogP contribution in [0.4, 0.5) is 10.1 Å². The molecule has 0 spiro atoms. The minimum atomic E-state index is -0.325. The molecule has 39 heavy (non-hydrogen) atoms. The molecular weight excluding hydrogens is 495 g/mol. The molecule has 7 rings (SSSR count). The first-order chi connectivity index (χ1) is 19.1. The van der Waals surface area contributed by atoms with Gasteiger partial charge < -0.3 is 10.3 Å². The number of nitrogens with zero attached hydrogens (tertiary/aromatic N) is 5. The van der Waals surface area contributed by atoms with E-state index in [4.69, 9.17) is 4.98 Å². The van der Waals surface area contributed by atoms with E-state index in [-0.39, 0.29) is 17.6 Å². The third-order valence-electron chi connectivity index (χ3n) is 7.24. The summed E-state index contributed by atoms with van der Waals surface area (Å²) in [4.78, 5) is 33.9. The lowest BCUT2D eigenvalue weighted by Gasteiger charge is -2.11. The van der Waals surface area contributed by atoms with Crippen LogP contribution in [0.15, 0.2) is 67.4 Å². The van der Waals surface area contributed by atoms with Gasteiger partial charge in [0.25, 0.3) is 0 Å². The Morgan fingerprint density at radius 1 is 0.949 bits per heavy atom. The molecule has 1 fully saturated rings. The highest BCUT2D eigenvalue weighted by Crippen LogP contribution is 2.33. The first-order valence-corrected chi connectivity index (χ1v) is 12.8. The van der Waals surface area contributed by atoms with Gasteiger partial charge in [-0.15, -0.1) is 0 Å². The lowest BCUT2D eigenvalue weighted by molar-refractivity contribution is -0.119. The number of hydrogen-bond acceptors (Lipinski definition) is 6. The number of aromatic amines is 2. The molecule has 192 valence electrons. The van der Waals surface area contributed by atoms with Gasteiger partial charge in [0.05, 0.1) is 34.5 Å². The van der Waals surface area contributed by atoms with Gasteiger partial charge in [0.15, 0.2) is 11.5 Å². The average molecular weight is 519 g/mol. The van der Waals surface area contributed by atoms with Crippen molar-refractivity contribution in [3.05, 3.63) is 73.2 Å². The van der Waals surface area contributed by atoms with E-state index in [2.05, 4.69) is 35.5 Å². The van der Waals surface area contributed by atoms with Crippen molar-refractivity contribution in [1.82, 2.24) is 35.1 Å². The Kier molecular flexibility index (Phi) is 5.58. The lowest BCUT2D eigenvalue weighted by Crippen LogP contribution is -2.20. The third-order valence-corrected chi connectivity index (χ3v) is 7.24. The van der Waals surface area contributed by atoms with Crippen LogP contribution < -0.4 is 5.32 Å². The van der Waals surface area contributed by atoms with Crippen molar-refractivity contribution in [1.29, 1.82) is 0 Å². The highest BCUT2D eigenvalue weighted by atomic mass is 19.1. The van der Waals surface area contributed by atoms with Crippen molar-refractivity contribution in [2.75, 3.05) is 5.32 Å². The Morgan fingerprint density at radius 3 is 2.67 bits per heavy atom. The predicted octanol–water partition coefficient (Wildman–Crippen LogP) is 5.89. The molecule has 1 amide bonds. The van der Waals surface area contributed by atoms with Crippen molar-refractivity contribution in [2.24, 2.45) is 5.92 Å². The first kappa shape index (κ1) is 23.2. The van der Waals surface area contributed by atoms with Crippen LogP contribution in [-0.4, -0.2) is 41.0 Å². The smallest absolute Gasteiger partial charge is 0.227 e. The largest absolute Gasteiger partial charge is 0.335 e. The van der Waals surface area contributed by atoms with Crippen molar-refractivity contribution >= 4 is 33.7 Å². The molecule has 5 aromatic heterocycles. The number of rotatable bonds is 5. The molecule has 5 heterocycles. The molecule has 0 saturated heterocycles. The Hall–Kier alpha value is -4.99. The number of aromatic nitrogens is 7. The SMILES string of the molecule is O=C(Nc1cncc(-c2cnc3[nH]nc(-c4nc5c(-c6cccc(F)c6)cncc5[nH]4)c3c2)c1)C1CCCC1. The normalized spacial score (nSPS) is 13.9. The number of nitrogens with one attached hydrogen (secondary N) is 3. The molecule has 1 aromatic carbocycles. The fraction of sp³-hybridized carbons (Fsp3) is 0.172. The summed E-state index contributed by atoms with van der Waals surface area (Å²) in [6.07, 6.45) is 12.6. The van der Waals surface area contributed by atoms with Gasteiger partial charge in [0.1, 0.15) is 11.5 Å². The molecule has 1 aliphatic carbocycles. The Bertz CT molecular complexity index is 1850. The summed E-state index contributed by atoms with van der Waals surface area (Å²) in [6, 6.07) is 10.2. The van der Waals surface area contributed by atoms with Crippen LogP contribution in [0.25, 0.3) is 55.8 Å². The number of fused-ring (bicyclic) bond motifs is 2. The van der Waals surface area contributed by atoms with Gasteiger partial charge in [-0.3, -0.25) is 19.9 Å². The third kappa shape index (κ3) is 4.29. The van der Waals surface area contributed by atoms with Crippen LogP contribution >= 0.6 is 0 Å². The summed E-state index contributed by atoms with van der Waals surface area (Å²) in [5, 5.41) is 11.2. The maximum Gasteiger partial charge on any atom is 0.227 e. The minimum absolute atomic E-state index is 0.0501. The Balaban J connectivity index is 1.25. The van der Waals surface area contributed by atoms with E-state index in [0.717, 1.165) is 47.8 Å². The van der Waals surface area contributed by atoms with Gasteiger partial charge in [0.2, 0.25) is 5.91 Å². The second kappa shape index (κ2) is 9.39. The van der Waals surface area contributed by atoms with E-state index in [1.165, 1.54) is 12.1 Å². The number of pyridine rings is 3. The molecule has 0 radical (unpaired) electrons. The molecule has 0 atom stereocenters. The van der Waals surface area contributed by atoms with E-state index in [9.17, 15) is 9.18 Å². The standard InChI is InChI=1S/C29H23FN8O/c30-20-7-3-6-17(8-20)23-14-32-15-24-25(23)36-28(35-24)26-22-10-19(12-33-27(22)38-37-26)18-9-21(13-31-11-18)34-29(39)16-4-1-2-5-16/h3,6-16H,1-2,4-5H2,(H,34,39)(H,35,36)(H,33,37,38). The Morgan fingerprint density at radius 2 is 1.79 bits per heavy atom. The van der Waals surface area contributed by atoms with Gasteiger partial charge in [0, 0.05) is 41.2 Å². The predicted molar refractivity (Wildman–Crippen MR) is 146 cm³/mol. The van der Waals surface area contributed by atoms with Gasteiger partial charge in [-0.2, -0.15) is 5.10 Å². The maximum absolute atomic E-state index is 13.9. The summed E-state index contributed by atoms with van der Waals surface area (Å²) in [6.45, 7) is 0. The van der Waals surface area contributed by atoms with Crippen molar-refractivity contribution in [3.8, 4) is 33.8 Å². The first-order valence-electron chi connectivity index (χ1n) is 12.8. The average Bonchev–Trinajstić information content (AvgIpc) is 3.72. The van der Waals surface area contributed by atoms with Crippen molar-refractivity contribution in [2.45, 2.75) is 25.7 Å². The summed E-state index contributed by atoms with van der Waals surface area (Å²) in [5.74, 6) is 0.333. The van der Waals surface area contributed by atoms with Crippen molar-refractivity contribution < 1.29 is 9.18 Å². The molecule has 0 unspecified atom stereocenters. The second-order valence-corrected chi connectivity index (χ2v) is 9.80. The van der Waals surface area contributed by atoms with Crippen LogP contribution in [0.2, 0.25) is 0 Å². The number of hydrogen-bond donors (Lipinski definition) is 3. The fourth-order valence-electron chi connectivity index (χ4n) is 5.25. The number of benzene rings is 1. The summed E-state index contributed by atoms with van der Waals surface area (Å²) < 4.78 is 13.9. The second-order valence-electron chi connectivity index (χ2n) is 9.80. The molecule has 0 aliphatic heterocycles. The number of halogens is 1. The highest BCUT2D eigenvalue weighted by Gasteiger charge is 2.23. The summed E-state index contributed by atoms with van der Waals surface area (Å²) in [5.41, 5.74) is 6.30. The van der Waals surface area contributed by atoms with Gasteiger partial charge >= 0.3 is 0 Å². The number of H-pyrrole nitrogens is 2. The zero-order valence-corrected chi connectivity index (χ0v) is 20.8. The molecule has 10 heteroatoms. The number of carbonyl (C=O) groups excluding carboxylic acids is 1. The number of carbonyl (C=O) groups is 1. The van der Waals surface area contributed by atoms with E-state index in [1.54, 1.807) is 37.1 Å². The zero-order chi connectivity index (χ0) is 26.3. The molecule has 3 N–H and O–H groups in total. The summed E-state index contributed by atoms with van der Waals surface area (Å²) in [7, 11) is 0. The molecule has 0 bridgehead atoms. The molecule has 1 aliphatic rings. The molecular formula is C29H23FN8O. The Labute approximate surface area is 222 Å². The molecule has 1 saturated carbocycles. The van der Waals surface area contributed by atoms with Gasteiger partial charge in [-0.25, -0.2) is 14.4 Å². The zero-order valence-electron chi connectivity index (χ0n) is 20.8. The highest BCUT2D eigenvalue weighted by molar-refractivity contribution is 5.97. The van der Waals surface area contributed by atoms with Crippen LogP contribution in [-0.2, 0) is 4.79 Å². The number of imidazole rings is 1. The van der Waals surface area contributed by atoms with E-state index >= 15 is 0 Å². The molecule has 9 nitrogen and oxygen atoms in total. The van der Waals surface area contributed by atoms with Crippen LogP contribution in [0.3, 0.4) is 0 Å². The van der Waals surface area contributed by atoms with Gasteiger partial charge in [-0.1, -0.05) is 25.0 Å². The maximum atomic E-state index is 13.9. The number of amides is 1. The van der Waals surface area contributed by atoms with E-state index < -0.39 is 0 Å². The topological polar surface area (TPSA) is 125 Å². The number of anilines is 1. The summed E-state index contributed by atoms with van der Waals surface area (Å²) >= 11 is 0. The monoisotopic (exact) mass is 518 g/mol. The lowest BCUT2D eigenvalue weighted by atomic mass is 10.1. The fourth-order valence-corrected chi connectivity index (χ4v) is 5.25.